The third kappa shape index (κ3) is 3.29. The highest BCUT2D eigenvalue weighted by Gasteiger charge is 2.33. The van der Waals surface area contributed by atoms with Gasteiger partial charge in [-0.05, 0) is 0 Å². The quantitative estimate of drug-likeness (QED) is 0.245. The largest absolute Gasteiger partial charge is 0.394 e. The van der Waals surface area contributed by atoms with E-state index in [1.54, 1.807) is 0 Å². The smallest absolute Gasteiger partial charge is 0.151 e. The van der Waals surface area contributed by atoms with E-state index in [0.717, 1.165) is 0 Å². The summed E-state index contributed by atoms with van der Waals surface area (Å²) in [6, 6.07) is 0. The minimum absolute atomic E-state index is 0.0219. The number of carbonyl (C=O) groups is 1. The van der Waals surface area contributed by atoms with Gasteiger partial charge in [0.15, 0.2) is 6.29 Å². The molecule has 0 heterocycles. The molecule has 0 aliphatic carbocycles. The number of aliphatic hydroxyl groups excluding tert-OH is 6. The van der Waals surface area contributed by atoms with Crippen molar-refractivity contribution >= 4 is 6.29 Å². The molecule has 6 N–H and O–H groups in total. The summed E-state index contributed by atoms with van der Waals surface area (Å²) >= 11 is 0. The number of aldehydes is 1. The standard InChI is InChI=1S/C7H14O7/c8-1-3(10)5(12)7(14)6(13)4(11)2-9/h1,3-7,9-14H,2H2/t3-,4-,5+,6-,7-/m0/s1. The van der Waals surface area contributed by atoms with E-state index >= 15 is 0 Å². The Morgan fingerprint density at radius 2 is 1.43 bits per heavy atom. The van der Waals surface area contributed by atoms with Gasteiger partial charge in [-0.3, -0.25) is 0 Å². The molecule has 5 atom stereocenters. The third-order valence-electron chi connectivity index (χ3n) is 1.77. The Morgan fingerprint density at radius 1 is 0.929 bits per heavy atom. The molecule has 0 spiro atoms. The fourth-order valence-corrected chi connectivity index (χ4v) is 0.820. The van der Waals surface area contributed by atoms with Crippen molar-refractivity contribution in [2.45, 2.75) is 30.5 Å². The molecule has 0 aromatic rings. The molecule has 0 amide bonds. The summed E-state index contributed by atoms with van der Waals surface area (Å²) in [5, 5.41) is 53.2. The predicted octanol–water partition coefficient (Wildman–Crippen LogP) is -4.02. The Hall–Kier alpha value is -0.570. The van der Waals surface area contributed by atoms with Crippen LogP contribution < -0.4 is 0 Å². The average Bonchev–Trinajstić information content (AvgIpc) is 2.23. The molecule has 0 unspecified atom stereocenters. The summed E-state index contributed by atoms with van der Waals surface area (Å²) in [5.41, 5.74) is 0. The molecule has 0 saturated heterocycles. The first-order valence-electron chi connectivity index (χ1n) is 3.92. The molecule has 7 heteroatoms. The molecule has 14 heavy (non-hydrogen) atoms. The highest BCUT2D eigenvalue weighted by atomic mass is 16.4. The van der Waals surface area contributed by atoms with E-state index in [4.69, 9.17) is 30.6 Å². The zero-order valence-corrected chi connectivity index (χ0v) is 7.26. The SMILES string of the molecule is O=C[C@H](O)[C@@H](O)[C@H](O)[C@@H](O)[C@@H](O)CO. The lowest BCUT2D eigenvalue weighted by atomic mass is 10.0. The van der Waals surface area contributed by atoms with Gasteiger partial charge < -0.3 is 35.4 Å². The van der Waals surface area contributed by atoms with Gasteiger partial charge in [0, 0.05) is 0 Å². The van der Waals surface area contributed by atoms with Crippen LogP contribution >= 0.6 is 0 Å². The number of aliphatic hydroxyl groups is 6. The Morgan fingerprint density at radius 3 is 1.79 bits per heavy atom. The maximum absolute atomic E-state index is 10.00. The molecular weight excluding hydrogens is 196 g/mol. The lowest BCUT2D eigenvalue weighted by Crippen LogP contribution is -2.50. The van der Waals surface area contributed by atoms with Crippen molar-refractivity contribution in [3.05, 3.63) is 0 Å². The number of rotatable bonds is 6. The molecule has 0 aliphatic heterocycles. The maximum Gasteiger partial charge on any atom is 0.151 e. The van der Waals surface area contributed by atoms with Gasteiger partial charge in [0.25, 0.3) is 0 Å². The van der Waals surface area contributed by atoms with Crippen LogP contribution in [0.4, 0.5) is 0 Å². The molecule has 0 radical (unpaired) electrons. The van der Waals surface area contributed by atoms with E-state index in [1.165, 1.54) is 0 Å². The van der Waals surface area contributed by atoms with Gasteiger partial charge in [-0.1, -0.05) is 0 Å². The molecule has 0 aliphatic rings. The van der Waals surface area contributed by atoms with Gasteiger partial charge in [0.05, 0.1) is 6.61 Å². The molecule has 0 fully saturated rings. The van der Waals surface area contributed by atoms with Crippen LogP contribution in [-0.4, -0.2) is 74.1 Å². The average molecular weight is 210 g/mol. The minimum atomic E-state index is -1.92. The van der Waals surface area contributed by atoms with Crippen molar-refractivity contribution in [1.29, 1.82) is 0 Å². The Labute approximate surface area is 79.9 Å². The Balaban J connectivity index is 4.29. The number of hydrogen-bond acceptors (Lipinski definition) is 7. The van der Waals surface area contributed by atoms with E-state index in [-0.39, 0.29) is 6.29 Å². The second-order valence-corrected chi connectivity index (χ2v) is 2.85. The van der Waals surface area contributed by atoms with Crippen molar-refractivity contribution in [2.24, 2.45) is 0 Å². The molecule has 0 rings (SSSR count). The van der Waals surface area contributed by atoms with Gasteiger partial charge in [0.1, 0.15) is 30.5 Å². The first-order chi connectivity index (χ1) is 6.45. The van der Waals surface area contributed by atoms with Crippen LogP contribution in [0.25, 0.3) is 0 Å². The van der Waals surface area contributed by atoms with Gasteiger partial charge in [-0.2, -0.15) is 0 Å². The van der Waals surface area contributed by atoms with E-state index in [0.29, 0.717) is 0 Å². The number of carbonyl (C=O) groups excluding carboxylic acids is 1. The van der Waals surface area contributed by atoms with Gasteiger partial charge in [0.2, 0.25) is 0 Å². The molecule has 0 saturated carbocycles. The zero-order valence-electron chi connectivity index (χ0n) is 7.26. The Kier molecular flexibility index (Phi) is 5.77. The molecule has 0 aromatic carbocycles. The zero-order chi connectivity index (χ0) is 11.3. The molecule has 0 bridgehead atoms. The summed E-state index contributed by atoms with van der Waals surface area (Å²) in [4.78, 5) is 10.00. The molecule has 0 aromatic heterocycles. The van der Waals surface area contributed by atoms with Gasteiger partial charge in [-0.15, -0.1) is 0 Å². The lowest BCUT2D eigenvalue weighted by molar-refractivity contribution is -0.147. The summed E-state index contributed by atoms with van der Waals surface area (Å²) in [6.07, 6.45) is -9.21. The lowest BCUT2D eigenvalue weighted by Gasteiger charge is -2.26. The minimum Gasteiger partial charge on any atom is -0.394 e. The van der Waals surface area contributed by atoms with Crippen LogP contribution in [0.3, 0.4) is 0 Å². The first-order valence-corrected chi connectivity index (χ1v) is 3.92. The van der Waals surface area contributed by atoms with E-state index < -0.39 is 37.1 Å². The van der Waals surface area contributed by atoms with Gasteiger partial charge >= 0.3 is 0 Å². The molecule has 7 nitrogen and oxygen atoms in total. The van der Waals surface area contributed by atoms with Crippen LogP contribution in [0.5, 0.6) is 0 Å². The third-order valence-corrected chi connectivity index (χ3v) is 1.77. The van der Waals surface area contributed by atoms with Crippen molar-refractivity contribution in [3.8, 4) is 0 Å². The van der Waals surface area contributed by atoms with Gasteiger partial charge in [-0.25, -0.2) is 0 Å². The van der Waals surface area contributed by atoms with E-state index in [1.807, 2.05) is 0 Å². The van der Waals surface area contributed by atoms with Crippen molar-refractivity contribution < 1.29 is 35.4 Å². The molecule has 84 valence electrons. The van der Waals surface area contributed by atoms with Crippen molar-refractivity contribution in [3.63, 3.8) is 0 Å². The van der Waals surface area contributed by atoms with E-state index in [9.17, 15) is 4.79 Å². The first kappa shape index (κ1) is 13.4. The maximum atomic E-state index is 10.00. The van der Waals surface area contributed by atoms with Crippen LogP contribution in [0.2, 0.25) is 0 Å². The second-order valence-electron chi connectivity index (χ2n) is 2.85. The highest BCUT2D eigenvalue weighted by Crippen LogP contribution is 2.07. The Bertz CT molecular complexity index is 173. The summed E-state index contributed by atoms with van der Waals surface area (Å²) < 4.78 is 0. The van der Waals surface area contributed by atoms with Crippen molar-refractivity contribution in [1.82, 2.24) is 0 Å². The van der Waals surface area contributed by atoms with Crippen LogP contribution in [0.15, 0.2) is 0 Å². The normalized spacial score (nSPS) is 22.1. The highest BCUT2D eigenvalue weighted by molar-refractivity contribution is 5.56. The van der Waals surface area contributed by atoms with Crippen LogP contribution in [-0.2, 0) is 4.79 Å². The van der Waals surface area contributed by atoms with Crippen LogP contribution in [0.1, 0.15) is 0 Å². The number of hydrogen-bond donors (Lipinski definition) is 6. The van der Waals surface area contributed by atoms with Crippen molar-refractivity contribution in [2.75, 3.05) is 6.61 Å². The predicted molar refractivity (Wildman–Crippen MR) is 43.2 cm³/mol. The molecular formula is C7H14O7. The fourth-order valence-electron chi connectivity index (χ4n) is 0.820. The fraction of sp³-hybridized carbons (Fsp3) is 0.857. The van der Waals surface area contributed by atoms with Crippen LogP contribution in [0, 0.1) is 0 Å². The summed E-state index contributed by atoms with van der Waals surface area (Å²) in [6.45, 7) is -0.817. The topological polar surface area (TPSA) is 138 Å². The summed E-state index contributed by atoms with van der Waals surface area (Å²) in [5.74, 6) is 0. The second kappa shape index (κ2) is 6.02. The monoisotopic (exact) mass is 210 g/mol. The summed E-state index contributed by atoms with van der Waals surface area (Å²) in [7, 11) is 0. The van der Waals surface area contributed by atoms with E-state index in [2.05, 4.69) is 0 Å².